The first kappa shape index (κ1) is 21.9. The molecular formula is C20H18F6N4. The quantitative estimate of drug-likeness (QED) is 0.486. The SMILES string of the molecule is FC(F)(F)c1cccnc1/C=N/[C@H]1CCCC[C@@H]1/N=C/c1ncccc1C(F)(F)F. The van der Waals surface area contributed by atoms with Crippen molar-refractivity contribution in [3.8, 4) is 0 Å². The highest BCUT2D eigenvalue weighted by Crippen LogP contribution is 2.32. The van der Waals surface area contributed by atoms with E-state index in [9.17, 15) is 26.3 Å². The number of rotatable bonds is 4. The molecule has 0 N–H and O–H groups in total. The molecule has 1 aliphatic rings. The zero-order valence-electron chi connectivity index (χ0n) is 15.7. The van der Waals surface area contributed by atoms with E-state index < -0.39 is 35.6 Å². The summed E-state index contributed by atoms with van der Waals surface area (Å²) < 4.78 is 78.7. The predicted octanol–water partition coefficient (Wildman–Crippen LogP) is 5.36. The average Bonchev–Trinajstić information content (AvgIpc) is 2.70. The zero-order chi connectivity index (χ0) is 21.8. The van der Waals surface area contributed by atoms with Crippen molar-refractivity contribution in [2.75, 3.05) is 0 Å². The van der Waals surface area contributed by atoms with Crippen molar-refractivity contribution in [3.05, 3.63) is 59.2 Å². The maximum Gasteiger partial charge on any atom is 0.418 e. The fraction of sp³-hybridized carbons (Fsp3) is 0.400. The van der Waals surface area contributed by atoms with E-state index in [1.165, 1.54) is 24.5 Å². The smallest absolute Gasteiger partial charge is 0.285 e. The van der Waals surface area contributed by atoms with Crippen LogP contribution in [0, 0.1) is 0 Å². The fourth-order valence-electron chi connectivity index (χ4n) is 3.29. The van der Waals surface area contributed by atoms with Crippen molar-refractivity contribution < 1.29 is 26.3 Å². The van der Waals surface area contributed by atoms with Gasteiger partial charge in [0.1, 0.15) is 0 Å². The normalized spacial score (nSPS) is 20.9. The van der Waals surface area contributed by atoms with Crippen molar-refractivity contribution in [2.24, 2.45) is 9.98 Å². The number of nitrogens with zero attached hydrogens (tertiary/aromatic N) is 4. The van der Waals surface area contributed by atoms with E-state index in [1.807, 2.05) is 0 Å². The zero-order valence-corrected chi connectivity index (χ0v) is 15.7. The minimum absolute atomic E-state index is 0.303. The van der Waals surface area contributed by atoms with Gasteiger partial charge in [0.15, 0.2) is 0 Å². The summed E-state index contributed by atoms with van der Waals surface area (Å²) in [6, 6.07) is 3.33. The van der Waals surface area contributed by atoms with Crippen molar-refractivity contribution >= 4 is 12.4 Å². The van der Waals surface area contributed by atoms with Crippen LogP contribution in [0.25, 0.3) is 0 Å². The Kier molecular flexibility index (Phi) is 6.52. The summed E-state index contributed by atoms with van der Waals surface area (Å²) >= 11 is 0. The lowest BCUT2D eigenvalue weighted by Crippen LogP contribution is -2.27. The van der Waals surface area contributed by atoms with Gasteiger partial charge in [0, 0.05) is 24.8 Å². The third-order valence-corrected chi connectivity index (χ3v) is 4.76. The van der Waals surface area contributed by atoms with Gasteiger partial charge in [-0.3, -0.25) is 20.0 Å². The minimum atomic E-state index is -4.56. The van der Waals surface area contributed by atoms with Crippen LogP contribution in [0.15, 0.2) is 46.6 Å². The molecule has 160 valence electrons. The number of hydrogen-bond acceptors (Lipinski definition) is 4. The molecule has 1 aliphatic carbocycles. The van der Waals surface area contributed by atoms with Gasteiger partial charge in [-0.15, -0.1) is 0 Å². The van der Waals surface area contributed by atoms with Crippen molar-refractivity contribution in [2.45, 2.75) is 50.1 Å². The van der Waals surface area contributed by atoms with E-state index in [1.54, 1.807) is 0 Å². The fourth-order valence-corrected chi connectivity index (χ4v) is 3.29. The first-order chi connectivity index (χ1) is 14.2. The molecule has 0 bridgehead atoms. The molecule has 4 nitrogen and oxygen atoms in total. The van der Waals surface area contributed by atoms with Crippen LogP contribution in [0.3, 0.4) is 0 Å². The topological polar surface area (TPSA) is 50.5 Å². The summed E-state index contributed by atoms with van der Waals surface area (Å²) in [6.07, 6.45) is -1.74. The van der Waals surface area contributed by atoms with Crippen molar-refractivity contribution in [1.29, 1.82) is 0 Å². The van der Waals surface area contributed by atoms with Gasteiger partial charge < -0.3 is 0 Å². The van der Waals surface area contributed by atoms with E-state index in [2.05, 4.69) is 20.0 Å². The van der Waals surface area contributed by atoms with Crippen LogP contribution in [0.1, 0.15) is 48.2 Å². The van der Waals surface area contributed by atoms with Gasteiger partial charge in [-0.2, -0.15) is 26.3 Å². The second-order valence-corrected chi connectivity index (χ2v) is 6.84. The van der Waals surface area contributed by atoms with Crippen molar-refractivity contribution in [1.82, 2.24) is 9.97 Å². The Morgan fingerprint density at radius 2 is 1.13 bits per heavy atom. The molecule has 30 heavy (non-hydrogen) atoms. The second-order valence-electron chi connectivity index (χ2n) is 6.84. The molecule has 2 heterocycles. The van der Waals surface area contributed by atoms with Gasteiger partial charge >= 0.3 is 12.4 Å². The molecule has 0 saturated heterocycles. The van der Waals surface area contributed by atoms with Crippen LogP contribution in [0.5, 0.6) is 0 Å². The average molecular weight is 428 g/mol. The van der Waals surface area contributed by atoms with Crippen LogP contribution in [0.2, 0.25) is 0 Å². The van der Waals surface area contributed by atoms with Gasteiger partial charge in [-0.05, 0) is 37.1 Å². The standard InChI is InChI=1S/C20H18F6N4/c21-19(22,23)13-5-3-9-27-17(13)11-29-15-7-1-2-8-16(15)30-12-18-14(20(24,25)26)6-4-10-28-18/h3-6,9-12,15-16H,1-2,7-8H2/b29-11+,30-12+/t15-,16-/m0/s1. The van der Waals surface area contributed by atoms with E-state index in [0.717, 1.165) is 37.4 Å². The molecule has 3 rings (SSSR count). The van der Waals surface area contributed by atoms with E-state index in [4.69, 9.17) is 0 Å². The molecule has 0 aromatic carbocycles. The third kappa shape index (κ3) is 5.43. The Hall–Kier alpha value is -2.78. The molecular weight excluding hydrogens is 410 g/mol. The summed E-state index contributed by atoms with van der Waals surface area (Å²) in [4.78, 5) is 16.0. The maximum atomic E-state index is 13.1. The molecule has 0 radical (unpaired) electrons. The molecule has 2 aromatic heterocycles. The first-order valence-electron chi connectivity index (χ1n) is 9.27. The molecule has 1 fully saturated rings. The largest absolute Gasteiger partial charge is 0.418 e. The maximum absolute atomic E-state index is 13.1. The Morgan fingerprint density at radius 3 is 1.50 bits per heavy atom. The van der Waals surface area contributed by atoms with Crippen LogP contribution in [-0.2, 0) is 12.4 Å². The summed E-state index contributed by atoms with van der Waals surface area (Å²) in [7, 11) is 0. The summed E-state index contributed by atoms with van der Waals surface area (Å²) in [5.41, 5.74) is -2.40. The summed E-state index contributed by atoms with van der Waals surface area (Å²) in [5, 5.41) is 0. The molecule has 0 amide bonds. The third-order valence-electron chi connectivity index (χ3n) is 4.76. The van der Waals surface area contributed by atoms with Crippen LogP contribution in [0.4, 0.5) is 26.3 Å². The van der Waals surface area contributed by atoms with Gasteiger partial charge in [0.05, 0.1) is 34.6 Å². The highest BCUT2D eigenvalue weighted by Gasteiger charge is 2.34. The Morgan fingerprint density at radius 1 is 0.733 bits per heavy atom. The Bertz CT molecular complexity index is 844. The molecule has 2 aromatic rings. The number of hydrogen-bond donors (Lipinski definition) is 0. The lowest BCUT2D eigenvalue weighted by atomic mass is 9.91. The molecule has 10 heteroatoms. The second kappa shape index (κ2) is 8.93. The highest BCUT2D eigenvalue weighted by atomic mass is 19.4. The minimum Gasteiger partial charge on any atom is -0.285 e. The summed E-state index contributed by atoms with van der Waals surface area (Å²) in [6.45, 7) is 0. The number of alkyl halides is 6. The number of pyridine rings is 2. The van der Waals surface area contributed by atoms with Crippen LogP contribution < -0.4 is 0 Å². The molecule has 1 saturated carbocycles. The van der Waals surface area contributed by atoms with Gasteiger partial charge in [-0.25, -0.2) is 0 Å². The number of halogens is 6. The van der Waals surface area contributed by atoms with E-state index in [0.29, 0.717) is 12.8 Å². The predicted molar refractivity (Wildman–Crippen MR) is 99.7 cm³/mol. The first-order valence-corrected chi connectivity index (χ1v) is 9.27. The van der Waals surface area contributed by atoms with Crippen molar-refractivity contribution in [3.63, 3.8) is 0 Å². The lowest BCUT2D eigenvalue weighted by Gasteiger charge is -2.25. The Balaban J connectivity index is 1.82. The van der Waals surface area contributed by atoms with Crippen LogP contribution in [-0.4, -0.2) is 34.5 Å². The van der Waals surface area contributed by atoms with Gasteiger partial charge in [-0.1, -0.05) is 12.8 Å². The molecule has 0 spiro atoms. The van der Waals surface area contributed by atoms with Crippen LogP contribution >= 0.6 is 0 Å². The van der Waals surface area contributed by atoms with Gasteiger partial charge in [0.25, 0.3) is 0 Å². The Labute approximate surface area is 168 Å². The number of aromatic nitrogens is 2. The molecule has 2 atom stereocenters. The van der Waals surface area contributed by atoms with E-state index >= 15 is 0 Å². The van der Waals surface area contributed by atoms with Gasteiger partial charge in [0.2, 0.25) is 0 Å². The highest BCUT2D eigenvalue weighted by molar-refractivity contribution is 5.80. The van der Waals surface area contributed by atoms with E-state index in [-0.39, 0.29) is 11.4 Å². The molecule has 0 unspecified atom stereocenters. The molecule has 0 aliphatic heterocycles. The summed E-state index contributed by atoms with van der Waals surface area (Å²) in [5.74, 6) is 0. The monoisotopic (exact) mass is 428 g/mol. The lowest BCUT2D eigenvalue weighted by molar-refractivity contribution is -0.138. The number of aliphatic imine (C=N–C) groups is 2.